The number of anilines is 2. The summed E-state index contributed by atoms with van der Waals surface area (Å²) >= 11 is 6.07. The number of nitrogens with one attached hydrogen (secondary N) is 2. The molecule has 2 heterocycles. The fraction of sp³-hybridized carbons (Fsp3) is 0.360. The number of benzene rings is 2. The first-order valence-electron chi connectivity index (χ1n) is 11.6. The lowest BCUT2D eigenvalue weighted by atomic mass is 10.1. The smallest absolute Gasteiger partial charge is 0.257 e. The van der Waals surface area contributed by atoms with Crippen molar-refractivity contribution in [3.63, 3.8) is 0 Å². The maximum absolute atomic E-state index is 13.3. The van der Waals surface area contributed by atoms with E-state index in [0.29, 0.717) is 66.0 Å². The highest BCUT2D eigenvalue weighted by Gasteiger charge is 2.27. The van der Waals surface area contributed by atoms with Gasteiger partial charge in [-0.1, -0.05) is 31.0 Å². The molecule has 0 bridgehead atoms. The third-order valence-corrected chi connectivity index (χ3v) is 8.04. The predicted molar refractivity (Wildman–Crippen MR) is 139 cm³/mol. The van der Waals surface area contributed by atoms with Gasteiger partial charge < -0.3 is 15.4 Å². The standard InChI is InChI=1S/C25H29ClN4O4S/c1-3-4-9-27-22-8-7-20(35(32,33)30-10-12-34-13-11-30)16-24(22)29-25(31)21-14-18-5-6-19(26)15-23(18)28-17(21)2/h5-8,14-16,27H,3-4,9-13H2,1-2H3,(H,29,31). The van der Waals surface area contributed by atoms with Gasteiger partial charge in [0, 0.05) is 30.0 Å². The number of hydrogen-bond donors (Lipinski definition) is 2. The lowest BCUT2D eigenvalue weighted by molar-refractivity contribution is 0.0730. The van der Waals surface area contributed by atoms with Gasteiger partial charge in [0.25, 0.3) is 5.91 Å². The van der Waals surface area contributed by atoms with Crippen LogP contribution in [0.2, 0.25) is 5.02 Å². The number of sulfonamides is 1. The van der Waals surface area contributed by atoms with Crippen LogP contribution in [0.4, 0.5) is 11.4 Å². The van der Waals surface area contributed by atoms with Crippen molar-refractivity contribution in [3.8, 4) is 0 Å². The molecule has 2 N–H and O–H groups in total. The number of morpholine rings is 1. The summed E-state index contributed by atoms with van der Waals surface area (Å²) < 4.78 is 33.1. The van der Waals surface area contributed by atoms with Gasteiger partial charge in [-0.15, -0.1) is 0 Å². The molecule has 1 amide bonds. The first-order valence-corrected chi connectivity index (χ1v) is 13.5. The van der Waals surface area contributed by atoms with Crippen molar-refractivity contribution in [2.75, 3.05) is 43.5 Å². The van der Waals surface area contributed by atoms with Gasteiger partial charge >= 0.3 is 0 Å². The van der Waals surface area contributed by atoms with Crippen molar-refractivity contribution in [1.29, 1.82) is 0 Å². The first-order chi connectivity index (χ1) is 16.8. The van der Waals surface area contributed by atoms with E-state index >= 15 is 0 Å². The number of ether oxygens (including phenoxy) is 1. The van der Waals surface area contributed by atoms with Crippen LogP contribution in [0.15, 0.2) is 47.4 Å². The minimum Gasteiger partial charge on any atom is -0.383 e. The Morgan fingerprint density at radius 1 is 1.11 bits per heavy atom. The Labute approximate surface area is 210 Å². The molecule has 1 aromatic heterocycles. The molecule has 4 rings (SSSR count). The molecule has 1 aliphatic heterocycles. The van der Waals surface area contributed by atoms with Crippen LogP contribution < -0.4 is 10.6 Å². The van der Waals surface area contributed by atoms with Gasteiger partial charge in [0.2, 0.25) is 10.0 Å². The molecule has 35 heavy (non-hydrogen) atoms. The van der Waals surface area contributed by atoms with Crippen LogP contribution in [0, 0.1) is 6.92 Å². The highest BCUT2D eigenvalue weighted by Crippen LogP contribution is 2.29. The lowest BCUT2D eigenvalue weighted by Crippen LogP contribution is -2.40. The average molecular weight is 517 g/mol. The van der Waals surface area contributed by atoms with E-state index in [2.05, 4.69) is 22.5 Å². The Balaban J connectivity index is 1.67. The van der Waals surface area contributed by atoms with E-state index in [1.807, 2.05) is 6.07 Å². The largest absolute Gasteiger partial charge is 0.383 e. The number of amides is 1. The van der Waals surface area contributed by atoms with E-state index in [1.165, 1.54) is 10.4 Å². The third kappa shape index (κ3) is 5.75. The normalized spacial score (nSPS) is 14.7. The van der Waals surface area contributed by atoms with Gasteiger partial charge in [-0.3, -0.25) is 9.78 Å². The molecule has 10 heteroatoms. The van der Waals surface area contributed by atoms with Crippen molar-refractivity contribution in [1.82, 2.24) is 9.29 Å². The number of pyridine rings is 1. The molecule has 8 nitrogen and oxygen atoms in total. The maximum atomic E-state index is 13.3. The van der Waals surface area contributed by atoms with Crippen molar-refractivity contribution in [2.45, 2.75) is 31.6 Å². The van der Waals surface area contributed by atoms with Gasteiger partial charge in [0.05, 0.1) is 46.3 Å². The van der Waals surface area contributed by atoms with Gasteiger partial charge in [0.1, 0.15) is 0 Å². The molecule has 2 aromatic carbocycles. The zero-order valence-electron chi connectivity index (χ0n) is 19.8. The summed E-state index contributed by atoms with van der Waals surface area (Å²) in [6.07, 6.45) is 1.95. The highest BCUT2D eigenvalue weighted by atomic mass is 35.5. The molecule has 0 unspecified atom stereocenters. The molecule has 1 saturated heterocycles. The second-order valence-electron chi connectivity index (χ2n) is 8.42. The quantitative estimate of drug-likeness (QED) is 0.421. The summed E-state index contributed by atoms with van der Waals surface area (Å²) in [7, 11) is -3.72. The monoisotopic (exact) mass is 516 g/mol. The molecule has 0 atom stereocenters. The van der Waals surface area contributed by atoms with Crippen LogP contribution in [0.25, 0.3) is 10.9 Å². The van der Waals surface area contributed by atoms with Gasteiger partial charge in [0.15, 0.2) is 0 Å². The van der Waals surface area contributed by atoms with Crippen molar-refractivity contribution < 1.29 is 17.9 Å². The lowest BCUT2D eigenvalue weighted by Gasteiger charge is -2.26. The number of carbonyl (C=O) groups excluding carboxylic acids is 1. The van der Waals surface area contributed by atoms with Crippen molar-refractivity contribution in [2.24, 2.45) is 0 Å². The topological polar surface area (TPSA) is 101 Å². The van der Waals surface area contributed by atoms with Crippen LogP contribution >= 0.6 is 11.6 Å². The minimum absolute atomic E-state index is 0.124. The summed E-state index contributed by atoms with van der Waals surface area (Å²) in [6.45, 7) is 5.86. The Hall–Kier alpha value is -2.72. The summed E-state index contributed by atoms with van der Waals surface area (Å²) in [5.41, 5.74) is 2.71. The average Bonchev–Trinajstić information content (AvgIpc) is 2.85. The predicted octanol–water partition coefficient (Wildman–Crippen LogP) is 4.68. The molecule has 0 saturated carbocycles. The van der Waals surface area contributed by atoms with Crippen LogP contribution in [0.3, 0.4) is 0 Å². The molecule has 0 aliphatic carbocycles. The second-order valence-corrected chi connectivity index (χ2v) is 10.8. The zero-order valence-corrected chi connectivity index (χ0v) is 21.4. The molecular formula is C25H29ClN4O4S. The van der Waals surface area contributed by atoms with E-state index in [-0.39, 0.29) is 10.8 Å². The molecule has 186 valence electrons. The molecule has 0 radical (unpaired) electrons. The molecule has 1 fully saturated rings. The Kier molecular flexibility index (Phi) is 7.91. The fourth-order valence-corrected chi connectivity index (χ4v) is 5.53. The Bertz CT molecular complexity index is 1340. The van der Waals surface area contributed by atoms with Gasteiger partial charge in [-0.05, 0) is 49.7 Å². The number of fused-ring (bicyclic) bond motifs is 1. The number of aromatic nitrogens is 1. The van der Waals surface area contributed by atoms with E-state index in [1.54, 1.807) is 37.3 Å². The van der Waals surface area contributed by atoms with Crippen LogP contribution in [0.5, 0.6) is 0 Å². The molecule has 3 aromatic rings. The third-order valence-electron chi connectivity index (χ3n) is 5.91. The Morgan fingerprint density at radius 3 is 2.63 bits per heavy atom. The molecular weight excluding hydrogens is 488 g/mol. The summed E-state index contributed by atoms with van der Waals surface area (Å²) in [5.74, 6) is -0.369. The number of rotatable bonds is 8. The zero-order chi connectivity index (χ0) is 25.0. The minimum atomic E-state index is -3.72. The highest BCUT2D eigenvalue weighted by molar-refractivity contribution is 7.89. The summed E-state index contributed by atoms with van der Waals surface area (Å²) in [4.78, 5) is 18.0. The van der Waals surface area contributed by atoms with E-state index in [9.17, 15) is 13.2 Å². The SMILES string of the molecule is CCCCNc1ccc(S(=O)(=O)N2CCOCC2)cc1NC(=O)c1cc2ccc(Cl)cc2nc1C. The number of halogens is 1. The van der Waals surface area contributed by atoms with Gasteiger partial charge in [-0.2, -0.15) is 4.31 Å². The van der Waals surface area contributed by atoms with Crippen LogP contribution in [-0.2, 0) is 14.8 Å². The molecule has 1 aliphatic rings. The van der Waals surface area contributed by atoms with Gasteiger partial charge in [-0.25, -0.2) is 8.42 Å². The number of carbonyl (C=O) groups is 1. The van der Waals surface area contributed by atoms with Crippen LogP contribution in [-0.4, -0.2) is 56.5 Å². The number of hydrogen-bond acceptors (Lipinski definition) is 6. The van der Waals surface area contributed by atoms with Crippen LogP contribution in [0.1, 0.15) is 35.8 Å². The summed E-state index contributed by atoms with van der Waals surface area (Å²) in [5, 5.41) is 7.58. The second kappa shape index (κ2) is 10.9. The fourth-order valence-electron chi connectivity index (χ4n) is 3.93. The van der Waals surface area contributed by atoms with E-state index in [4.69, 9.17) is 16.3 Å². The number of unbranched alkanes of at least 4 members (excludes halogenated alkanes) is 1. The van der Waals surface area contributed by atoms with Crippen molar-refractivity contribution >= 4 is 49.8 Å². The molecule has 0 spiro atoms. The van der Waals surface area contributed by atoms with Crippen molar-refractivity contribution in [3.05, 3.63) is 58.7 Å². The number of nitrogens with zero attached hydrogens (tertiary/aromatic N) is 2. The van der Waals surface area contributed by atoms with E-state index < -0.39 is 10.0 Å². The van der Waals surface area contributed by atoms with E-state index in [0.717, 1.165) is 18.2 Å². The number of aryl methyl sites for hydroxylation is 1. The first kappa shape index (κ1) is 25.4. The summed E-state index contributed by atoms with van der Waals surface area (Å²) in [6, 6.07) is 11.9. The maximum Gasteiger partial charge on any atom is 0.257 e. The Morgan fingerprint density at radius 2 is 1.89 bits per heavy atom.